The Morgan fingerprint density at radius 2 is 1.90 bits per heavy atom. The molecular weight excluding hydrogens is 381 g/mol. The average molecular weight is 407 g/mol. The Morgan fingerprint density at radius 1 is 1.10 bits per heavy atom. The van der Waals surface area contributed by atoms with Gasteiger partial charge >= 0.3 is 0 Å². The number of nitrogens with one attached hydrogen (secondary N) is 1. The number of aromatic nitrogens is 3. The molecule has 4 rings (SSSR count). The molecule has 7 heteroatoms. The first kappa shape index (κ1) is 20.2. The topological polar surface area (TPSA) is 63.2 Å². The zero-order valence-corrected chi connectivity index (χ0v) is 17.1. The zero-order valence-electron chi connectivity index (χ0n) is 17.1. The van der Waals surface area contributed by atoms with Crippen LogP contribution >= 0.6 is 0 Å². The maximum Gasteiger partial charge on any atom is 0.222 e. The molecular formula is C23H26FN5O. The van der Waals surface area contributed by atoms with Crippen molar-refractivity contribution >= 4 is 5.95 Å². The van der Waals surface area contributed by atoms with E-state index in [1.807, 2.05) is 37.5 Å². The standard InChI is InChI=1S/C23H26FN5O/c1-2-30-22-12-17(5-6-21(22)24)16-29-10-7-20(8-11-29)28-23-26-14-19(15-27-23)18-4-3-9-25-13-18/h3-6,9,12-15,20H,2,7-8,10-11,16H2,1H3,(H,26,27,28). The van der Waals surface area contributed by atoms with Gasteiger partial charge in [-0.1, -0.05) is 12.1 Å². The van der Waals surface area contributed by atoms with Crippen molar-refractivity contribution in [2.75, 3.05) is 25.0 Å². The summed E-state index contributed by atoms with van der Waals surface area (Å²) in [5.41, 5.74) is 3.03. The second-order valence-corrected chi connectivity index (χ2v) is 7.43. The summed E-state index contributed by atoms with van der Waals surface area (Å²) in [5.74, 6) is 0.678. The van der Waals surface area contributed by atoms with Crippen molar-refractivity contribution < 1.29 is 9.13 Å². The van der Waals surface area contributed by atoms with E-state index in [4.69, 9.17) is 4.74 Å². The van der Waals surface area contributed by atoms with E-state index in [1.165, 1.54) is 6.07 Å². The first-order valence-electron chi connectivity index (χ1n) is 10.3. The van der Waals surface area contributed by atoms with Crippen LogP contribution < -0.4 is 10.1 Å². The van der Waals surface area contributed by atoms with Crippen LogP contribution in [0.1, 0.15) is 25.3 Å². The Kier molecular flexibility index (Phi) is 6.49. The van der Waals surface area contributed by atoms with E-state index >= 15 is 0 Å². The van der Waals surface area contributed by atoms with E-state index in [-0.39, 0.29) is 5.82 Å². The van der Waals surface area contributed by atoms with E-state index < -0.39 is 0 Å². The predicted octanol–water partition coefficient (Wildman–Crippen LogP) is 4.15. The van der Waals surface area contributed by atoms with Crippen LogP contribution in [0.2, 0.25) is 0 Å². The number of piperidine rings is 1. The molecule has 1 aliphatic heterocycles. The highest BCUT2D eigenvalue weighted by atomic mass is 19.1. The molecule has 0 aliphatic carbocycles. The molecule has 1 fully saturated rings. The van der Waals surface area contributed by atoms with E-state index in [1.54, 1.807) is 18.5 Å². The smallest absolute Gasteiger partial charge is 0.222 e. The van der Waals surface area contributed by atoms with Gasteiger partial charge in [0, 0.05) is 61.6 Å². The first-order chi connectivity index (χ1) is 14.7. The van der Waals surface area contributed by atoms with Crippen LogP contribution in [0.3, 0.4) is 0 Å². The summed E-state index contributed by atoms with van der Waals surface area (Å²) in [6, 6.07) is 9.37. The maximum absolute atomic E-state index is 13.8. The van der Waals surface area contributed by atoms with E-state index in [9.17, 15) is 4.39 Å². The average Bonchev–Trinajstić information content (AvgIpc) is 2.79. The van der Waals surface area contributed by atoms with E-state index in [0.29, 0.717) is 24.3 Å². The molecule has 3 heterocycles. The van der Waals surface area contributed by atoms with Crippen LogP contribution in [0.15, 0.2) is 55.1 Å². The van der Waals surface area contributed by atoms with Gasteiger partial charge in [-0.3, -0.25) is 9.88 Å². The molecule has 1 aliphatic rings. The van der Waals surface area contributed by atoms with Gasteiger partial charge in [0.2, 0.25) is 5.95 Å². The van der Waals surface area contributed by atoms with Crippen molar-refractivity contribution in [3.8, 4) is 16.9 Å². The predicted molar refractivity (Wildman–Crippen MR) is 115 cm³/mol. The Hall–Kier alpha value is -3.06. The fourth-order valence-corrected chi connectivity index (χ4v) is 3.67. The van der Waals surface area contributed by atoms with Crippen molar-refractivity contribution in [3.05, 3.63) is 66.5 Å². The number of nitrogens with zero attached hydrogens (tertiary/aromatic N) is 4. The molecule has 3 aromatic rings. The summed E-state index contributed by atoms with van der Waals surface area (Å²) >= 11 is 0. The highest BCUT2D eigenvalue weighted by molar-refractivity contribution is 5.60. The molecule has 0 unspecified atom stereocenters. The largest absolute Gasteiger partial charge is 0.491 e. The molecule has 0 saturated carbocycles. The van der Waals surface area contributed by atoms with Gasteiger partial charge in [0.25, 0.3) is 0 Å². The third kappa shape index (κ3) is 5.10. The van der Waals surface area contributed by atoms with Crippen molar-refractivity contribution in [2.45, 2.75) is 32.4 Å². The highest BCUT2D eigenvalue weighted by Crippen LogP contribution is 2.22. The molecule has 156 valence electrons. The monoisotopic (exact) mass is 407 g/mol. The van der Waals surface area contributed by atoms with Gasteiger partial charge in [-0.15, -0.1) is 0 Å². The Balaban J connectivity index is 1.28. The van der Waals surface area contributed by atoms with Crippen LogP contribution in [0.5, 0.6) is 5.75 Å². The van der Waals surface area contributed by atoms with Gasteiger partial charge in [0.1, 0.15) is 0 Å². The third-order valence-electron chi connectivity index (χ3n) is 5.27. The zero-order chi connectivity index (χ0) is 20.8. The minimum atomic E-state index is -0.307. The molecule has 0 radical (unpaired) electrons. The summed E-state index contributed by atoms with van der Waals surface area (Å²) < 4.78 is 19.1. The lowest BCUT2D eigenvalue weighted by Gasteiger charge is -2.32. The van der Waals surface area contributed by atoms with Gasteiger partial charge in [0.05, 0.1) is 6.61 Å². The number of likely N-dealkylation sites (tertiary alicyclic amines) is 1. The molecule has 0 bridgehead atoms. The van der Waals surface area contributed by atoms with Gasteiger partial charge in [0.15, 0.2) is 11.6 Å². The Bertz CT molecular complexity index is 944. The quantitative estimate of drug-likeness (QED) is 0.635. The van der Waals surface area contributed by atoms with E-state index in [0.717, 1.165) is 49.2 Å². The Labute approximate surface area is 176 Å². The van der Waals surface area contributed by atoms with Crippen LogP contribution in [0.25, 0.3) is 11.1 Å². The number of anilines is 1. The third-order valence-corrected chi connectivity index (χ3v) is 5.27. The molecule has 1 saturated heterocycles. The van der Waals surface area contributed by atoms with Gasteiger partial charge in [-0.25, -0.2) is 14.4 Å². The molecule has 2 aromatic heterocycles. The first-order valence-corrected chi connectivity index (χ1v) is 10.3. The van der Waals surface area contributed by atoms with Crippen molar-refractivity contribution in [2.24, 2.45) is 0 Å². The fourth-order valence-electron chi connectivity index (χ4n) is 3.67. The summed E-state index contributed by atoms with van der Waals surface area (Å²) in [7, 11) is 0. The maximum atomic E-state index is 13.8. The van der Waals surface area contributed by atoms with Crippen molar-refractivity contribution in [1.29, 1.82) is 0 Å². The molecule has 0 atom stereocenters. The number of hydrogen-bond acceptors (Lipinski definition) is 6. The van der Waals surface area contributed by atoms with Gasteiger partial charge in [-0.05, 0) is 43.5 Å². The van der Waals surface area contributed by atoms with Crippen molar-refractivity contribution in [1.82, 2.24) is 19.9 Å². The normalized spacial score (nSPS) is 15.1. The van der Waals surface area contributed by atoms with Gasteiger partial charge in [-0.2, -0.15) is 0 Å². The molecule has 0 spiro atoms. The van der Waals surface area contributed by atoms with E-state index in [2.05, 4.69) is 25.2 Å². The van der Waals surface area contributed by atoms with Gasteiger partial charge < -0.3 is 10.1 Å². The van der Waals surface area contributed by atoms with Crippen LogP contribution in [0.4, 0.5) is 10.3 Å². The van der Waals surface area contributed by atoms with Crippen LogP contribution in [0, 0.1) is 5.82 Å². The van der Waals surface area contributed by atoms with Crippen molar-refractivity contribution in [3.63, 3.8) is 0 Å². The lowest BCUT2D eigenvalue weighted by atomic mass is 10.0. The number of benzene rings is 1. The molecule has 30 heavy (non-hydrogen) atoms. The molecule has 6 nitrogen and oxygen atoms in total. The number of ether oxygens (including phenoxy) is 1. The minimum absolute atomic E-state index is 0.307. The summed E-state index contributed by atoms with van der Waals surface area (Å²) in [4.78, 5) is 15.4. The lowest BCUT2D eigenvalue weighted by Crippen LogP contribution is -2.38. The molecule has 0 amide bonds. The summed E-state index contributed by atoms with van der Waals surface area (Å²) in [6.07, 6.45) is 9.22. The lowest BCUT2D eigenvalue weighted by molar-refractivity contribution is 0.210. The fraction of sp³-hybridized carbons (Fsp3) is 0.348. The van der Waals surface area contributed by atoms with Crippen LogP contribution in [-0.4, -0.2) is 45.6 Å². The number of halogens is 1. The highest BCUT2D eigenvalue weighted by Gasteiger charge is 2.20. The number of hydrogen-bond donors (Lipinski definition) is 1. The molecule has 1 N–H and O–H groups in total. The SMILES string of the molecule is CCOc1cc(CN2CCC(Nc3ncc(-c4cccnc4)cn3)CC2)ccc1F. The van der Waals surface area contributed by atoms with Crippen LogP contribution in [-0.2, 0) is 6.54 Å². The second-order valence-electron chi connectivity index (χ2n) is 7.43. The Morgan fingerprint density at radius 3 is 2.60 bits per heavy atom. The summed E-state index contributed by atoms with van der Waals surface area (Å²) in [5, 5.41) is 3.44. The summed E-state index contributed by atoms with van der Waals surface area (Å²) in [6.45, 7) is 5.05. The number of pyridine rings is 1. The number of rotatable bonds is 7. The second kappa shape index (κ2) is 9.63. The minimum Gasteiger partial charge on any atom is -0.491 e. The molecule has 1 aromatic carbocycles.